The molecule has 3 atom stereocenters. The zero-order valence-electron chi connectivity index (χ0n) is 18.5. The molecule has 32 heavy (non-hydrogen) atoms. The van der Waals surface area contributed by atoms with Gasteiger partial charge < -0.3 is 20.3 Å². The summed E-state index contributed by atoms with van der Waals surface area (Å²) < 4.78 is 40.7. The zero-order valence-corrected chi connectivity index (χ0v) is 18.5. The van der Waals surface area contributed by atoms with Gasteiger partial charge in [-0.15, -0.1) is 13.2 Å². The number of rotatable bonds is 9. The van der Waals surface area contributed by atoms with Crippen LogP contribution in [0.3, 0.4) is 0 Å². The third kappa shape index (κ3) is 6.35. The van der Waals surface area contributed by atoms with Crippen LogP contribution in [0.1, 0.15) is 38.7 Å². The first kappa shape index (κ1) is 24.3. The van der Waals surface area contributed by atoms with Crippen molar-refractivity contribution in [3.05, 3.63) is 29.8 Å². The van der Waals surface area contributed by atoms with E-state index in [1.54, 1.807) is 12.1 Å². The number of halogens is 3. The Labute approximate surface area is 186 Å². The van der Waals surface area contributed by atoms with E-state index in [4.69, 9.17) is 0 Å². The summed E-state index contributed by atoms with van der Waals surface area (Å²) in [6.45, 7) is 7.02. The van der Waals surface area contributed by atoms with Crippen molar-refractivity contribution in [2.75, 3.05) is 26.2 Å². The van der Waals surface area contributed by atoms with Crippen molar-refractivity contribution >= 4 is 11.8 Å². The predicted octanol–water partition coefficient (Wildman–Crippen LogP) is 2.26. The van der Waals surface area contributed by atoms with E-state index < -0.39 is 6.36 Å². The fourth-order valence-corrected chi connectivity index (χ4v) is 4.49. The Hall–Kier alpha value is -2.33. The van der Waals surface area contributed by atoms with Crippen LogP contribution in [0.4, 0.5) is 13.2 Å². The molecule has 2 saturated heterocycles. The van der Waals surface area contributed by atoms with E-state index in [2.05, 4.69) is 20.3 Å². The highest BCUT2D eigenvalue weighted by Gasteiger charge is 2.43. The lowest BCUT2D eigenvalue weighted by atomic mass is 10.0. The Morgan fingerprint density at radius 3 is 2.56 bits per heavy atom. The number of benzene rings is 1. The van der Waals surface area contributed by atoms with Crippen molar-refractivity contribution in [1.29, 1.82) is 0 Å². The number of fused-ring (bicyclic) bond motifs is 1. The summed E-state index contributed by atoms with van der Waals surface area (Å²) in [7, 11) is 0. The van der Waals surface area contributed by atoms with E-state index in [-0.39, 0.29) is 35.7 Å². The Morgan fingerprint density at radius 2 is 1.94 bits per heavy atom. The second-order valence-electron chi connectivity index (χ2n) is 8.22. The average Bonchev–Trinajstić information content (AvgIpc) is 3.18. The smallest absolute Gasteiger partial charge is 0.406 e. The molecule has 0 aliphatic carbocycles. The molecule has 0 spiro atoms. The number of carbonyl (C=O) groups is 2. The lowest BCUT2D eigenvalue weighted by molar-refractivity contribution is -0.274. The highest BCUT2D eigenvalue weighted by Crippen LogP contribution is 2.27. The molecule has 2 heterocycles. The maximum absolute atomic E-state index is 12.4. The SMILES string of the molecule is CCN(CC)C(=O)CC[C@@H]1CNC(=O)[C@@H]2C[C@H](NCc3ccc(OC(F)(F)F)cc3)CN12. The molecule has 0 aromatic heterocycles. The Morgan fingerprint density at radius 1 is 1.25 bits per heavy atom. The van der Waals surface area contributed by atoms with Crippen molar-refractivity contribution in [2.24, 2.45) is 0 Å². The minimum atomic E-state index is -4.71. The summed E-state index contributed by atoms with van der Waals surface area (Å²) in [6, 6.07) is 5.73. The minimum absolute atomic E-state index is 0.00859. The van der Waals surface area contributed by atoms with Gasteiger partial charge in [-0.2, -0.15) is 0 Å². The van der Waals surface area contributed by atoms with Crippen LogP contribution < -0.4 is 15.4 Å². The van der Waals surface area contributed by atoms with Gasteiger partial charge in [0.25, 0.3) is 0 Å². The number of amides is 2. The number of piperazine rings is 1. The van der Waals surface area contributed by atoms with Crippen molar-refractivity contribution in [2.45, 2.75) is 64.1 Å². The second kappa shape index (κ2) is 10.5. The van der Waals surface area contributed by atoms with Gasteiger partial charge in [-0.05, 0) is 44.4 Å². The van der Waals surface area contributed by atoms with Crippen LogP contribution in [0, 0.1) is 0 Å². The molecule has 0 unspecified atom stereocenters. The third-order valence-corrected chi connectivity index (χ3v) is 6.18. The lowest BCUT2D eigenvalue weighted by Crippen LogP contribution is -2.58. The van der Waals surface area contributed by atoms with Gasteiger partial charge in [0, 0.05) is 51.2 Å². The molecule has 7 nitrogen and oxygen atoms in total. The van der Waals surface area contributed by atoms with E-state index in [1.165, 1.54) is 12.1 Å². The van der Waals surface area contributed by atoms with Gasteiger partial charge in [0.1, 0.15) is 5.75 Å². The number of hydrogen-bond donors (Lipinski definition) is 2. The molecule has 2 aliphatic rings. The van der Waals surface area contributed by atoms with E-state index >= 15 is 0 Å². The molecule has 2 N–H and O–H groups in total. The number of nitrogens with zero attached hydrogens (tertiary/aromatic N) is 2. The first-order valence-corrected chi connectivity index (χ1v) is 11.1. The average molecular weight is 457 g/mol. The van der Waals surface area contributed by atoms with Gasteiger partial charge in [0.15, 0.2) is 0 Å². The highest BCUT2D eigenvalue weighted by molar-refractivity contribution is 5.83. The van der Waals surface area contributed by atoms with E-state index in [0.29, 0.717) is 52.0 Å². The molecule has 10 heteroatoms. The quantitative estimate of drug-likeness (QED) is 0.597. The van der Waals surface area contributed by atoms with Crippen LogP contribution in [-0.4, -0.2) is 72.3 Å². The van der Waals surface area contributed by atoms with Crippen molar-refractivity contribution in [3.63, 3.8) is 0 Å². The van der Waals surface area contributed by atoms with Gasteiger partial charge in [-0.3, -0.25) is 14.5 Å². The van der Waals surface area contributed by atoms with Gasteiger partial charge in [-0.1, -0.05) is 12.1 Å². The minimum Gasteiger partial charge on any atom is -0.406 e. The highest BCUT2D eigenvalue weighted by atomic mass is 19.4. The molecule has 0 saturated carbocycles. The maximum Gasteiger partial charge on any atom is 0.573 e. The molecule has 1 aromatic rings. The molecule has 1 aromatic carbocycles. The topological polar surface area (TPSA) is 73.9 Å². The molecular formula is C22H31F3N4O3. The fraction of sp³-hybridized carbons (Fsp3) is 0.636. The lowest BCUT2D eigenvalue weighted by Gasteiger charge is -2.37. The fourth-order valence-electron chi connectivity index (χ4n) is 4.49. The van der Waals surface area contributed by atoms with Gasteiger partial charge >= 0.3 is 6.36 Å². The Kier molecular flexibility index (Phi) is 8.00. The third-order valence-electron chi connectivity index (χ3n) is 6.18. The van der Waals surface area contributed by atoms with Crippen molar-refractivity contribution in [3.8, 4) is 5.75 Å². The summed E-state index contributed by atoms with van der Waals surface area (Å²) in [4.78, 5) is 28.7. The van der Waals surface area contributed by atoms with Crippen LogP contribution in [0.2, 0.25) is 0 Å². The molecule has 2 amide bonds. The summed E-state index contributed by atoms with van der Waals surface area (Å²) in [6.07, 6.45) is -2.90. The standard InChI is InChI=1S/C22H31F3N4O3/c1-3-28(4-2)20(30)10-7-17-13-27-21(31)19-11-16(14-29(17)19)26-12-15-5-8-18(9-6-15)32-22(23,24)25/h5-6,8-9,16-17,19,26H,3-4,7,10-14H2,1-2H3,(H,27,31)/t16-,17+,19-/m0/s1. The molecule has 0 radical (unpaired) electrons. The van der Waals surface area contributed by atoms with Gasteiger partial charge in [-0.25, -0.2) is 0 Å². The monoisotopic (exact) mass is 456 g/mol. The number of nitrogens with one attached hydrogen (secondary N) is 2. The van der Waals surface area contributed by atoms with E-state index in [1.807, 2.05) is 18.7 Å². The zero-order chi connectivity index (χ0) is 23.3. The number of alkyl halides is 3. The van der Waals surface area contributed by atoms with Gasteiger partial charge in [0.2, 0.25) is 11.8 Å². The second-order valence-corrected chi connectivity index (χ2v) is 8.22. The van der Waals surface area contributed by atoms with E-state index in [9.17, 15) is 22.8 Å². The van der Waals surface area contributed by atoms with Gasteiger partial charge in [0.05, 0.1) is 6.04 Å². The number of hydrogen-bond acceptors (Lipinski definition) is 5. The van der Waals surface area contributed by atoms with Crippen LogP contribution in [0.15, 0.2) is 24.3 Å². The molecule has 0 bridgehead atoms. The van der Waals surface area contributed by atoms with Crippen molar-refractivity contribution in [1.82, 2.24) is 20.4 Å². The Bertz CT molecular complexity index is 784. The summed E-state index contributed by atoms with van der Waals surface area (Å²) in [5.74, 6) is -0.109. The maximum atomic E-state index is 12.4. The molecule has 2 aliphatic heterocycles. The largest absolute Gasteiger partial charge is 0.573 e. The van der Waals surface area contributed by atoms with Crippen LogP contribution in [0.5, 0.6) is 5.75 Å². The molecular weight excluding hydrogens is 425 g/mol. The number of ether oxygens (including phenoxy) is 1. The van der Waals surface area contributed by atoms with Crippen LogP contribution >= 0.6 is 0 Å². The number of carbonyl (C=O) groups excluding carboxylic acids is 2. The van der Waals surface area contributed by atoms with Crippen LogP contribution in [0.25, 0.3) is 0 Å². The Balaban J connectivity index is 1.52. The normalized spacial score (nSPS) is 23.5. The van der Waals surface area contributed by atoms with Crippen LogP contribution in [-0.2, 0) is 16.1 Å². The van der Waals surface area contributed by atoms with E-state index in [0.717, 1.165) is 5.56 Å². The molecule has 3 rings (SSSR count). The first-order valence-electron chi connectivity index (χ1n) is 11.1. The summed E-state index contributed by atoms with van der Waals surface area (Å²) in [5.41, 5.74) is 0.829. The summed E-state index contributed by atoms with van der Waals surface area (Å²) in [5, 5.41) is 6.37. The molecule has 178 valence electrons. The molecule has 2 fully saturated rings. The van der Waals surface area contributed by atoms with Crippen molar-refractivity contribution < 1.29 is 27.5 Å². The predicted molar refractivity (Wildman–Crippen MR) is 113 cm³/mol. The summed E-state index contributed by atoms with van der Waals surface area (Å²) >= 11 is 0. The first-order chi connectivity index (χ1) is 15.2.